The summed E-state index contributed by atoms with van der Waals surface area (Å²) in [6.07, 6.45) is -2.36. The van der Waals surface area contributed by atoms with E-state index in [-0.39, 0.29) is 11.1 Å². The van der Waals surface area contributed by atoms with Gasteiger partial charge in [-0.05, 0) is 18.6 Å². The summed E-state index contributed by atoms with van der Waals surface area (Å²) in [5, 5.41) is 7.78. The second-order valence-electron chi connectivity index (χ2n) is 3.76. The molecule has 0 bridgehead atoms. The molecule has 0 fully saturated rings. The van der Waals surface area contributed by atoms with E-state index in [0.29, 0.717) is 11.4 Å². The van der Waals surface area contributed by atoms with Gasteiger partial charge in [0.1, 0.15) is 0 Å². The van der Waals surface area contributed by atoms with E-state index in [1.807, 2.05) is 6.92 Å². The monoisotopic (exact) mass is 277 g/mol. The van der Waals surface area contributed by atoms with Gasteiger partial charge in [-0.15, -0.1) is 11.8 Å². The van der Waals surface area contributed by atoms with E-state index in [1.54, 1.807) is 0 Å². The Hall–Kier alpha value is -1.24. The van der Waals surface area contributed by atoms with Crippen LogP contribution in [-0.4, -0.2) is 16.1 Å². The molecule has 0 saturated heterocycles. The summed E-state index contributed by atoms with van der Waals surface area (Å²) in [7, 11) is 0. The van der Waals surface area contributed by atoms with Crippen LogP contribution in [0.4, 0.5) is 13.2 Å². The largest absolute Gasteiger partial charge is 0.417 e. The van der Waals surface area contributed by atoms with Crippen LogP contribution in [0.5, 0.6) is 0 Å². The first-order chi connectivity index (χ1) is 8.32. The van der Waals surface area contributed by atoms with Crippen molar-refractivity contribution in [3.05, 3.63) is 23.9 Å². The predicted octanol–water partition coefficient (Wildman–Crippen LogP) is 3.30. The smallest absolute Gasteiger partial charge is 0.388 e. The Morgan fingerprint density at radius 1 is 1.50 bits per heavy atom. The van der Waals surface area contributed by atoms with E-state index < -0.39 is 11.7 Å². The Morgan fingerprint density at radius 2 is 2.17 bits per heavy atom. The molecule has 0 saturated carbocycles. The molecule has 1 heterocycles. The number of nitrogens with two attached hydrogens (primary N) is 1. The lowest BCUT2D eigenvalue weighted by molar-refractivity contribution is -0.137. The summed E-state index contributed by atoms with van der Waals surface area (Å²) in [5.41, 5.74) is 4.55. The zero-order chi connectivity index (χ0) is 13.8. The van der Waals surface area contributed by atoms with E-state index in [9.17, 15) is 13.2 Å². The number of halogens is 3. The summed E-state index contributed by atoms with van der Waals surface area (Å²) in [5.74, 6) is 0.0706. The average molecular weight is 277 g/mol. The minimum absolute atomic E-state index is 0.0618. The quantitative estimate of drug-likeness (QED) is 0.493. The van der Waals surface area contributed by atoms with E-state index >= 15 is 0 Å². The fourth-order valence-electron chi connectivity index (χ4n) is 1.30. The van der Waals surface area contributed by atoms with Gasteiger partial charge in [-0.1, -0.05) is 6.92 Å². The topological polar surface area (TPSA) is 62.8 Å². The van der Waals surface area contributed by atoms with Gasteiger partial charge in [-0.25, -0.2) is 4.98 Å². The number of alkyl halides is 3. The first kappa shape index (κ1) is 14.8. The van der Waals surface area contributed by atoms with Crippen LogP contribution in [-0.2, 0) is 6.18 Å². The van der Waals surface area contributed by atoms with Crippen molar-refractivity contribution in [2.75, 3.05) is 0 Å². The highest BCUT2D eigenvalue weighted by molar-refractivity contribution is 7.99. The van der Waals surface area contributed by atoms with Crippen molar-refractivity contribution < 1.29 is 13.2 Å². The third kappa shape index (κ3) is 4.56. The third-order valence-electron chi connectivity index (χ3n) is 2.25. The van der Waals surface area contributed by atoms with Crippen LogP contribution >= 0.6 is 11.8 Å². The number of aromatic nitrogens is 1. The standard InChI is InChI=1S/C11H14F3N3S/c1-2-8(5-9(15)16)18-10-4-3-7(6-17-10)11(12,13)14/h3-4,6,8H,2,5H2,1H3,(H3,15,16). The van der Waals surface area contributed by atoms with Crippen LogP contribution in [0.2, 0.25) is 0 Å². The number of nitrogens with one attached hydrogen (secondary N) is 1. The van der Waals surface area contributed by atoms with Crippen LogP contribution in [0.3, 0.4) is 0 Å². The first-order valence-electron chi connectivity index (χ1n) is 5.35. The van der Waals surface area contributed by atoms with Crippen LogP contribution in [0.15, 0.2) is 23.4 Å². The maximum atomic E-state index is 12.3. The number of hydrogen-bond donors (Lipinski definition) is 2. The highest BCUT2D eigenvalue weighted by Crippen LogP contribution is 2.31. The van der Waals surface area contributed by atoms with Gasteiger partial charge in [0.05, 0.1) is 16.4 Å². The number of amidine groups is 1. The number of rotatable bonds is 5. The van der Waals surface area contributed by atoms with Crippen molar-refractivity contribution >= 4 is 17.6 Å². The van der Waals surface area contributed by atoms with Gasteiger partial charge in [0.2, 0.25) is 0 Å². The molecule has 1 atom stereocenters. The molecule has 0 aliphatic rings. The second kappa shape index (κ2) is 6.08. The minimum atomic E-state index is -4.36. The second-order valence-corrected chi connectivity index (χ2v) is 5.08. The average Bonchev–Trinajstić information content (AvgIpc) is 2.27. The molecule has 0 aliphatic carbocycles. The normalized spacial score (nSPS) is 13.3. The summed E-state index contributed by atoms with van der Waals surface area (Å²) in [6, 6.07) is 2.35. The van der Waals surface area contributed by atoms with Crippen molar-refractivity contribution in [2.45, 2.75) is 36.2 Å². The van der Waals surface area contributed by atoms with Gasteiger partial charge < -0.3 is 5.73 Å². The van der Waals surface area contributed by atoms with Gasteiger partial charge in [0.15, 0.2) is 0 Å². The number of nitrogens with zero attached hydrogens (tertiary/aromatic N) is 1. The summed E-state index contributed by atoms with van der Waals surface area (Å²) in [6.45, 7) is 1.94. The molecule has 3 nitrogen and oxygen atoms in total. The number of thioether (sulfide) groups is 1. The van der Waals surface area contributed by atoms with E-state index in [4.69, 9.17) is 11.1 Å². The minimum Gasteiger partial charge on any atom is -0.388 e. The van der Waals surface area contributed by atoms with Gasteiger partial charge in [0.25, 0.3) is 0 Å². The zero-order valence-corrected chi connectivity index (χ0v) is 10.6. The molecule has 0 amide bonds. The van der Waals surface area contributed by atoms with Gasteiger partial charge in [-0.2, -0.15) is 13.2 Å². The fraction of sp³-hybridized carbons (Fsp3) is 0.455. The maximum Gasteiger partial charge on any atom is 0.417 e. The van der Waals surface area contributed by atoms with Crippen molar-refractivity contribution in [3.8, 4) is 0 Å². The van der Waals surface area contributed by atoms with E-state index in [2.05, 4.69) is 4.98 Å². The van der Waals surface area contributed by atoms with E-state index in [1.165, 1.54) is 17.8 Å². The molecule has 7 heteroatoms. The highest BCUT2D eigenvalue weighted by Gasteiger charge is 2.30. The van der Waals surface area contributed by atoms with Crippen LogP contribution in [0.25, 0.3) is 0 Å². The molecule has 0 radical (unpaired) electrons. The molecular weight excluding hydrogens is 263 g/mol. The molecule has 0 spiro atoms. The SMILES string of the molecule is CCC(CC(=N)N)Sc1ccc(C(F)(F)F)cn1. The Balaban J connectivity index is 2.71. The Labute approximate surface area is 107 Å². The number of hydrogen-bond acceptors (Lipinski definition) is 3. The molecule has 18 heavy (non-hydrogen) atoms. The van der Waals surface area contributed by atoms with Gasteiger partial charge in [0, 0.05) is 17.9 Å². The van der Waals surface area contributed by atoms with Crippen molar-refractivity contribution in [2.24, 2.45) is 5.73 Å². The summed E-state index contributed by atoms with van der Waals surface area (Å²) < 4.78 is 37.0. The molecular formula is C11H14F3N3S. The van der Waals surface area contributed by atoms with Crippen LogP contribution in [0.1, 0.15) is 25.3 Å². The molecule has 100 valence electrons. The third-order valence-corrected chi connectivity index (χ3v) is 3.57. The molecule has 1 aromatic rings. The lowest BCUT2D eigenvalue weighted by Crippen LogP contribution is -2.16. The van der Waals surface area contributed by atoms with Crippen LogP contribution in [0, 0.1) is 5.41 Å². The van der Waals surface area contributed by atoms with Crippen molar-refractivity contribution in [1.29, 1.82) is 5.41 Å². The number of pyridine rings is 1. The maximum absolute atomic E-state index is 12.3. The van der Waals surface area contributed by atoms with Gasteiger partial charge in [-0.3, -0.25) is 5.41 Å². The predicted molar refractivity (Wildman–Crippen MR) is 65.7 cm³/mol. The highest BCUT2D eigenvalue weighted by atomic mass is 32.2. The molecule has 1 unspecified atom stereocenters. The molecule has 3 N–H and O–H groups in total. The molecule has 1 aromatic heterocycles. The van der Waals surface area contributed by atoms with Crippen molar-refractivity contribution in [1.82, 2.24) is 4.98 Å². The fourth-order valence-corrected chi connectivity index (χ4v) is 2.33. The lowest BCUT2D eigenvalue weighted by atomic mass is 10.2. The Bertz CT molecular complexity index is 403. The summed E-state index contributed by atoms with van der Waals surface area (Å²) >= 11 is 1.34. The molecule has 0 aliphatic heterocycles. The van der Waals surface area contributed by atoms with E-state index in [0.717, 1.165) is 18.7 Å². The molecule has 1 rings (SSSR count). The zero-order valence-electron chi connectivity index (χ0n) is 9.79. The molecule has 0 aromatic carbocycles. The van der Waals surface area contributed by atoms with Crippen LogP contribution < -0.4 is 5.73 Å². The Kier molecular flexibility index (Phi) is 5.01. The Morgan fingerprint density at radius 3 is 2.56 bits per heavy atom. The van der Waals surface area contributed by atoms with Gasteiger partial charge >= 0.3 is 6.18 Å². The lowest BCUT2D eigenvalue weighted by Gasteiger charge is -2.13. The van der Waals surface area contributed by atoms with Crippen molar-refractivity contribution in [3.63, 3.8) is 0 Å². The first-order valence-corrected chi connectivity index (χ1v) is 6.23. The summed E-state index contributed by atoms with van der Waals surface area (Å²) in [4.78, 5) is 3.77.